The summed E-state index contributed by atoms with van der Waals surface area (Å²) in [6.07, 6.45) is 6.30. The zero-order valence-electron chi connectivity index (χ0n) is 9.67. The van der Waals surface area contributed by atoms with E-state index in [9.17, 15) is 4.79 Å². The quantitative estimate of drug-likeness (QED) is 0.660. The van der Waals surface area contributed by atoms with E-state index >= 15 is 0 Å². The Bertz CT molecular complexity index is 520. The molecule has 7 nitrogen and oxygen atoms in total. The van der Waals surface area contributed by atoms with Crippen molar-refractivity contribution in [1.82, 2.24) is 13.9 Å². The van der Waals surface area contributed by atoms with Gasteiger partial charge in [-0.3, -0.25) is 4.79 Å². The van der Waals surface area contributed by atoms with Crippen LogP contribution in [0.5, 0.6) is 0 Å². The molecule has 0 saturated heterocycles. The van der Waals surface area contributed by atoms with Crippen molar-refractivity contribution in [2.24, 2.45) is 5.73 Å². The maximum absolute atomic E-state index is 11.2. The molecule has 0 atom stereocenters. The van der Waals surface area contributed by atoms with Crippen LogP contribution in [0.15, 0.2) is 18.7 Å². The van der Waals surface area contributed by atoms with Gasteiger partial charge in [-0.1, -0.05) is 0 Å². The van der Waals surface area contributed by atoms with Gasteiger partial charge in [0.2, 0.25) is 0 Å². The largest absolute Gasteiger partial charge is 0.382 e. The molecule has 0 spiro atoms. The number of hydrogen-bond acceptors (Lipinski definition) is 6. The van der Waals surface area contributed by atoms with Crippen molar-refractivity contribution in [3.05, 3.63) is 24.3 Å². The lowest BCUT2D eigenvalue weighted by Crippen LogP contribution is -2.15. The van der Waals surface area contributed by atoms with E-state index < -0.39 is 5.91 Å². The van der Waals surface area contributed by atoms with Gasteiger partial charge in [-0.15, -0.1) is 0 Å². The third-order valence-corrected chi connectivity index (χ3v) is 3.22. The summed E-state index contributed by atoms with van der Waals surface area (Å²) in [7, 11) is 0. The van der Waals surface area contributed by atoms with Crippen LogP contribution in [-0.4, -0.2) is 26.4 Å². The molecule has 8 heteroatoms. The summed E-state index contributed by atoms with van der Waals surface area (Å²) in [4.78, 5) is 15.1. The van der Waals surface area contributed by atoms with Crippen LogP contribution < -0.4 is 16.8 Å². The molecule has 0 bridgehead atoms. The molecule has 0 aliphatic rings. The second-order valence-electron chi connectivity index (χ2n) is 3.72. The molecule has 0 aliphatic heterocycles. The summed E-state index contributed by atoms with van der Waals surface area (Å²) in [6.45, 7) is 1.56. The molecule has 0 aliphatic carbocycles. The highest BCUT2D eigenvalue weighted by Crippen LogP contribution is 2.25. The van der Waals surface area contributed by atoms with Crippen molar-refractivity contribution >= 4 is 28.3 Å². The first-order valence-corrected chi connectivity index (χ1v) is 6.20. The molecule has 18 heavy (non-hydrogen) atoms. The SMILES string of the molecule is NC(=O)c1c(N)nsc1NCCCn1ccnc1. The number of nitrogen functional groups attached to an aromatic ring is 1. The molecule has 0 unspecified atom stereocenters. The smallest absolute Gasteiger partial charge is 0.255 e. The number of aryl methyl sites for hydroxylation is 1. The third-order valence-electron chi connectivity index (χ3n) is 2.40. The molecule has 0 radical (unpaired) electrons. The number of carbonyl (C=O) groups is 1. The van der Waals surface area contributed by atoms with E-state index in [1.54, 1.807) is 12.5 Å². The molecule has 2 heterocycles. The molecule has 2 aromatic heterocycles. The van der Waals surface area contributed by atoms with E-state index in [4.69, 9.17) is 11.5 Å². The van der Waals surface area contributed by atoms with Gasteiger partial charge in [0.25, 0.3) is 5.91 Å². The number of imidazole rings is 1. The average Bonchev–Trinajstić information content (AvgIpc) is 2.94. The van der Waals surface area contributed by atoms with Gasteiger partial charge in [-0.25, -0.2) is 4.98 Å². The van der Waals surface area contributed by atoms with Crippen LogP contribution in [0.4, 0.5) is 10.8 Å². The lowest BCUT2D eigenvalue weighted by atomic mass is 10.3. The number of amides is 1. The Morgan fingerprint density at radius 2 is 2.39 bits per heavy atom. The summed E-state index contributed by atoms with van der Waals surface area (Å²) in [5.41, 5.74) is 11.1. The van der Waals surface area contributed by atoms with E-state index in [-0.39, 0.29) is 11.4 Å². The Labute approximate surface area is 108 Å². The fourth-order valence-corrected chi connectivity index (χ4v) is 2.29. The van der Waals surface area contributed by atoms with Gasteiger partial charge in [0.1, 0.15) is 10.6 Å². The Morgan fingerprint density at radius 1 is 1.56 bits per heavy atom. The van der Waals surface area contributed by atoms with Gasteiger partial charge in [0.15, 0.2) is 5.82 Å². The van der Waals surface area contributed by atoms with Gasteiger partial charge in [0, 0.05) is 25.5 Å². The molecule has 0 aromatic carbocycles. The van der Waals surface area contributed by atoms with Crippen molar-refractivity contribution < 1.29 is 4.79 Å². The minimum atomic E-state index is -0.557. The van der Waals surface area contributed by atoms with Crippen LogP contribution in [0.2, 0.25) is 0 Å². The number of nitrogens with zero attached hydrogens (tertiary/aromatic N) is 3. The van der Waals surface area contributed by atoms with Gasteiger partial charge in [-0.05, 0) is 18.0 Å². The number of hydrogen-bond donors (Lipinski definition) is 3. The van der Waals surface area contributed by atoms with Crippen molar-refractivity contribution in [3.63, 3.8) is 0 Å². The van der Waals surface area contributed by atoms with Gasteiger partial charge < -0.3 is 21.4 Å². The van der Waals surface area contributed by atoms with E-state index in [0.717, 1.165) is 24.5 Å². The number of nitrogens with two attached hydrogens (primary N) is 2. The number of primary amides is 1. The Balaban J connectivity index is 1.85. The highest BCUT2D eigenvalue weighted by Gasteiger charge is 2.15. The molecule has 2 rings (SSSR count). The number of nitrogens with one attached hydrogen (secondary N) is 1. The maximum Gasteiger partial charge on any atom is 0.255 e. The van der Waals surface area contributed by atoms with Crippen molar-refractivity contribution in [1.29, 1.82) is 0 Å². The van der Waals surface area contributed by atoms with Gasteiger partial charge in [-0.2, -0.15) is 4.37 Å². The molecule has 1 amide bonds. The van der Waals surface area contributed by atoms with Crippen LogP contribution in [-0.2, 0) is 6.54 Å². The van der Waals surface area contributed by atoms with E-state index in [1.165, 1.54) is 0 Å². The summed E-state index contributed by atoms with van der Waals surface area (Å²) in [6, 6.07) is 0. The Hall–Kier alpha value is -2.09. The van der Waals surface area contributed by atoms with Crippen LogP contribution in [0.25, 0.3) is 0 Å². The molecule has 0 saturated carbocycles. The minimum Gasteiger partial charge on any atom is -0.382 e. The minimum absolute atomic E-state index is 0.185. The van der Waals surface area contributed by atoms with E-state index in [1.807, 2.05) is 10.8 Å². The molecular formula is C10H14N6OS. The van der Waals surface area contributed by atoms with Gasteiger partial charge >= 0.3 is 0 Å². The molecule has 0 fully saturated rings. The number of aromatic nitrogens is 3. The lowest BCUT2D eigenvalue weighted by Gasteiger charge is -2.05. The fourth-order valence-electron chi connectivity index (χ4n) is 1.54. The molecule has 5 N–H and O–H groups in total. The predicted octanol–water partition coefficient (Wildman–Crippen LogP) is 0.523. The van der Waals surface area contributed by atoms with Crippen LogP contribution in [0.1, 0.15) is 16.8 Å². The number of rotatable bonds is 6. The average molecular weight is 266 g/mol. The molecular weight excluding hydrogens is 252 g/mol. The first-order valence-electron chi connectivity index (χ1n) is 5.43. The second-order valence-corrected chi connectivity index (χ2v) is 4.49. The topological polar surface area (TPSA) is 112 Å². The van der Waals surface area contributed by atoms with Gasteiger partial charge in [0.05, 0.1) is 6.33 Å². The van der Waals surface area contributed by atoms with Crippen LogP contribution in [0, 0.1) is 0 Å². The summed E-state index contributed by atoms with van der Waals surface area (Å²) >= 11 is 1.15. The Morgan fingerprint density at radius 3 is 3.06 bits per heavy atom. The third kappa shape index (κ3) is 2.77. The summed E-state index contributed by atoms with van der Waals surface area (Å²) in [5.74, 6) is -0.372. The van der Waals surface area contributed by atoms with E-state index in [0.29, 0.717) is 11.5 Å². The lowest BCUT2D eigenvalue weighted by molar-refractivity contribution is 0.100. The van der Waals surface area contributed by atoms with Crippen molar-refractivity contribution in [2.45, 2.75) is 13.0 Å². The zero-order chi connectivity index (χ0) is 13.0. The predicted molar refractivity (Wildman–Crippen MR) is 70.4 cm³/mol. The standard InChI is InChI=1S/C10H14N6OS/c11-8-7(9(12)17)10(18-15-8)14-2-1-4-16-5-3-13-6-16/h3,5-6,14H,1-2,4H2,(H2,11,15)(H2,12,17). The highest BCUT2D eigenvalue weighted by atomic mass is 32.1. The number of carbonyl (C=O) groups excluding carboxylic acids is 1. The zero-order valence-corrected chi connectivity index (χ0v) is 10.5. The second kappa shape index (κ2) is 5.50. The summed E-state index contributed by atoms with van der Waals surface area (Å²) < 4.78 is 5.89. The fraction of sp³-hybridized carbons (Fsp3) is 0.300. The van der Waals surface area contributed by atoms with E-state index in [2.05, 4.69) is 14.7 Å². The highest BCUT2D eigenvalue weighted by molar-refractivity contribution is 7.11. The van der Waals surface area contributed by atoms with Crippen LogP contribution in [0.3, 0.4) is 0 Å². The van der Waals surface area contributed by atoms with Crippen molar-refractivity contribution in [3.8, 4) is 0 Å². The first kappa shape index (κ1) is 12.4. The van der Waals surface area contributed by atoms with Crippen molar-refractivity contribution in [2.75, 3.05) is 17.6 Å². The maximum atomic E-state index is 11.2. The van der Waals surface area contributed by atoms with Crippen LogP contribution >= 0.6 is 11.5 Å². The summed E-state index contributed by atoms with van der Waals surface area (Å²) in [5, 5.41) is 3.75. The monoisotopic (exact) mass is 266 g/mol. The Kier molecular flexibility index (Phi) is 3.78. The molecule has 2 aromatic rings. The normalized spacial score (nSPS) is 10.4. The molecule has 96 valence electrons. The first-order chi connectivity index (χ1) is 8.68. The number of anilines is 2.